The Balaban J connectivity index is 3.83. The highest BCUT2D eigenvalue weighted by molar-refractivity contribution is 5.74. The van der Waals surface area contributed by atoms with Crippen LogP contribution in [-0.2, 0) is 4.79 Å². The smallest absolute Gasteiger partial charge is 0.315 e. The molecule has 1 atom stereocenters. The number of aliphatic hydroxyl groups excluding tert-OH is 3. The highest BCUT2D eigenvalue weighted by atomic mass is 16.3. The van der Waals surface area contributed by atoms with E-state index in [1.165, 1.54) is 0 Å². The van der Waals surface area contributed by atoms with Crippen molar-refractivity contribution in [1.82, 2.24) is 10.6 Å². The summed E-state index contributed by atoms with van der Waals surface area (Å²) in [5, 5.41) is 31.9. The first kappa shape index (κ1) is 17.8. The van der Waals surface area contributed by atoms with Crippen molar-refractivity contribution in [1.29, 1.82) is 0 Å². The second-order valence-electron chi connectivity index (χ2n) is 4.43. The van der Waals surface area contributed by atoms with E-state index in [0.29, 0.717) is 32.1 Å². The summed E-state index contributed by atoms with van der Waals surface area (Å²) in [6.45, 7) is -1.33. The number of rotatable bonds is 10. The number of carbonyl (C=O) groups is 2. The molecule has 0 aliphatic heterocycles. The van der Waals surface area contributed by atoms with Crippen LogP contribution in [0.25, 0.3) is 0 Å². The molecule has 0 aromatic carbocycles. The van der Waals surface area contributed by atoms with Crippen LogP contribution in [0.1, 0.15) is 19.3 Å². The SMILES string of the molecule is NC(C=O)CCCCNC(=O)NC(CO)(CO)CO. The van der Waals surface area contributed by atoms with Crippen LogP contribution in [0.4, 0.5) is 4.79 Å². The van der Waals surface area contributed by atoms with Crippen molar-refractivity contribution in [2.24, 2.45) is 5.73 Å². The predicted molar refractivity (Wildman–Crippen MR) is 68.4 cm³/mol. The molecule has 8 nitrogen and oxygen atoms in total. The summed E-state index contributed by atoms with van der Waals surface area (Å²) in [5.41, 5.74) is 3.97. The van der Waals surface area contributed by atoms with E-state index in [1.54, 1.807) is 0 Å². The molecule has 0 saturated carbocycles. The lowest BCUT2D eigenvalue weighted by atomic mass is 10.0. The molecule has 2 amide bonds. The average molecular weight is 277 g/mol. The number of carbonyl (C=O) groups excluding carboxylic acids is 2. The number of nitrogens with two attached hydrogens (primary N) is 1. The third-order valence-electron chi connectivity index (χ3n) is 2.71. The molecule has 8 heteroatoms. The summed E-state index contributed by atoms with van der Waals surface area (Å²) in [4.78, 5) is 21.7. The lowest BCUT2D eigenvalue weighted by Gasteiger charge is -2.28. The van der Waals surface area contributed by atoms with Gasteiger partial charge in [0.05, 0.1) is 25.9 Å². The minimum atomic E-state index is -1.43. The highest BCUT2D eigenvalue weighted by Crippen LogP contribution is 2.01. The Bertz CT molecular complexity index is 263. The summed E-state index contributed by atoms with van der Waals surface area (Å²) in [5.74, 6) is 0. The molecule has 0 heterocycles. The molecule has 0 spiro atoms. The van der Waals surface area contributed by atoms with E-state index in [-0.39, 0.29) is 0 Å². The van der Waals surface area contributed by atoms with Crippen LogP contribution in [0.15, 0.2) is 0 Å². The second kappa shape index (κ2) is 9.68. The van der Waals surface area contributed by atoms with Crippen LogP contribution in [-0.4, -0.2) is 65.6 Å². The fourth-order valence-electron chi connectivity index (χ4n) is 1.33. The van der Waals surface area contributed by atoms with Gasteiger partial charge in [0.1, 0.15) is 11.8 Å². The fraction of sp³-hybridized carbons (Fsp3) is 0.818. The number of nitrogens with one attached hydrogen (secondary N) is 2. The van der Waals surface area contributed by atoms with Crippen LogP contribution in [0.2, 0.25) is 0 Å². The molecule has 0 aliphatic rings. The summed E-state index contributed by atoms with van der Waals surface area (Å²) in [7, 11) is 0. The number of hydrogen-bond acceptors (Lipinski definition) is 6. The van der Waals surface area contributed by atoms with Gasteiger partial charge in [-0.1, -0.05) is 0 Å². The van der Waals surface area contributed by atoms with E-state index >= 15 is 0 Å². The van der Waals surface area contributed by atoms with Crippen molar-refractivity contribution in [3.8, 4) is 0 Å². The Hall–Kier alpha value is -1.22. The van der Waals surface area contributed by atoms with E-state index < -0.39 is 37.4 Å². The van der Waals surface area contributed by atoms with E-state index in [2.05, 4.69) is 10.6 Å². The second-order valence-corrected chi connectivity index (χ2v) is 4.43. The Morgan fingerprint density at radius 1 is 1.21 bits per heavy atom. The van der Waals surface area contributed by atoms with Gasteiger partial charge in [-0.25, -0.2) is 4.79 Å². The van der Waals surface area contributed by atoms with E-state index in [0.717, 1.165) is 0 Å². The van der Waals surface area contributed by atoms with Gasteiger partial charge in [0.15, 0.2) is 0 Å². The van der Waals surface area contributed by atoms with E-state index in [9.17, 15) is 9.59 Å². The first-order valence-corrected chi connectivity index (χ1v) is 6.13. The van der Waals surface area contributed by atoms with Gasteiger partial charge in [0.25, 0.3) is 0 Å². The van der Waals surface area contributed by atoms with Gasteiger partial charge < -0.3 is 36.5 Å². The zero-order valence-electron chi connectivity index (χ0n) is 10.8. The summed E-state index contributed by atoms with van der Waals surface area (Å²) in [6, 6.07) is -1.06. The third kappa shape index (κ3) is 7.06. The fourth-order valence-corrected chi connectivity index (χ4v) is 1.33. The van der Waals surface area contributed by atoms with E-state index in [4.69, 9.17) is 21.1 Å². The molecule has 112 valence electrons. The molecule has 0 aromatic rings. The largest absolute Gasteiger partial charge is 0.394 e. The molecule has 0 saturated heterocycles. The van der Waals surface area contributed by atoms with Gasteiger partial charge >= 0.3 is 6.03 Å². The quantitative estimate of drug-likeness (QED) is 0.196. The van der Waals surface area contributed by atoms with Crippen LogP contribution < -0.4 is 16.4 Å². The Morgan fingerprint density at radius 2 is 1.79 bits per heavy atom. The first-order valence-electron chi connectivity index (χ1n) is 6.13. The van der Waals surface area contributed by atoms with E-state index in [1.807, 2.05) is 0 Å². The third-order valence-corrected chi connectivity index (χ3v) is 2.71. The standard InChI is InChI=1S/C11H23N3O5/c12-9(5-15)3-1-2-4-13-10(19)14-11(6-16,7-17)8-18/h5,9,16-18H,1-4,6-8,12H2,(H2,13,14,19). The van der Waals surface area contributed by atoms with Crippen molar-refractivity contribution in [2.45, 2.75) is 30.8 Å². The van der Waals surface area contributed by atoms with Crippen LogP contribution in [0.5, 0.6) is 0 Å². The van der Waals surface area contributed by atoms with Gasteiger partial charge in [-0.2, -0.15) is 0 Å². The summed E-state index contributed by atoms with van der Waals surface area (Å²) >= 11 is 0. The lowest BCUT2D eigenvalue weighted by molar-refractivity contribution is -0.109. The van der Waals surface area contributed by atoms with Crippen molar-refractivity contribution in [2.75, 3.05) is 26.4 Å². The molecule has 0 aliphatic carbocycles. The maximum absolute atomic E-state index is 11.5. The first-order chi connectivity index (χ1) is 9.03. The van der Waals surface area contributed by atoms with Gasteiger partial charge in [-0.05, 0) is 19.3 Å². The summed E-state index contributed by atoms with van der Waals surface area (Å²) in [6.07, 6.45) is 2.59. The Morgan fingerprint density at radius 3 is 2.26 bits per heavy atom. The molecule has 0 bridgehead atoms. The average Bonchev–Trinajstić information content (AvgIpc) is 2.44. The van der Waals surface area contributed by atoms with Crippen LogP contribution >= 0.6 is 0 Å². The highest BCUT2D eigenvalue weighted by Gasteiger charge is 2.29. The topological polar surface area (TPSA) is 145 Å². The van der Waals surface area contributed by atoms with Crippen molar-refractivity contribution in [3.63, 3.8) is 0 Å². The van der Waals surface area contributed by atoms with Gasteiger partial charge in [-0.15, -0.1) is 0 Å². The number of urea groups is 1. The molecule has 0 rings (SSSR count). The number of amides is 2. The Labute approximate surface area is 112 Å². The Kier molecular flexibility index (Phi) is 9.06. The molecule has 0 radical (unpaired) electrons. The minimum absolute atomic E-state index is 0.371. The van der Waals surface area contributed by atoms with Gasteiger partial charge in [-0.3, -0.25) is 0 Å². The zero-order chi connectivity index (χ0) is 14.7. The number of unbranched alkanes of at least 4 members (excludes halogenated alkanes) is 1. The zero-order valence-corrected chi connectivity index (χ0v) is 10.8. The predicted octanol–water partition coefficient (Wildman–Crippen LogP) is -2.30. The molecule has 0 aromatic heterocycles. The monoisotopic (exact) mass is 277 g/mol. The lowest BCUT2D eigenvalue weighted by Crippen LogP contribution is -2.59. The van der Waals surface area contributed by atoms with Gasteiger partial charge in [0, 0.05) is 6.54 Å². The molecule has 1 unspecified atom stereocenters. The minimum Gasteiger partial charge on any atom is -0.394 e. The molecular weight excluding hydrogens is 254 g/mol. The molecule has 19 heavy (non-hydrogen) atoms. The molecule has 0 fully saturated rings. The molecular formula is C11H23N3O5. The van der Waals surface area contributed by atoms with Crippen LogP contribution in [0, 0.1) is 0 Å². The summed E-state index contributed by atoms with van der Waals surface area (Å²) < 4.78 is 0. The normalized spacial score (nSPS) is 12.8. The van der Waals surface area contributed by atoms with Crippen LogP contribution in [0.3, 0.4) is 0 Å². The number of aldehydes is 1. The van der Waals surface area contributed by atoms with Crippen molar-refractivity contribution in [3.05, 3.63) is 0 Å². The maximum Gasteiger partial charge on any atom is 0.315 e. The maximum atomic E-state index is 11.5. The molecule has 7 N–H and O–H groups in total. The number of aliphatic hydroxyl groups is 3. The van der Waals surface area contributed by atoms with Crippen molar-refractivity contribution >= 4 is 12.3 Å². The van der Waals surface area contributed by atoms with Crippen molar-refractivity contribution < 1.29 is 24.9 Å². The van der Waals surface area contributed by atoms with Gasteiger partial charge in [0.2, 0.25) is 0 Å². The number of hydrogen-bond donors (Lipinski definition) is 6.